The highest BCUT2D eigenvalue weighted by molar-refractivity contribution is 5.78. The fraction of sp³-hybridized carbons (Fsp3) is 0.591. The van der Waals surface area contributed by atoms with Crippen LogP contribution in [0.1, 0.15) is 60.3 Å². The van der Waals surface area contributed by atoms with Gasteiger partial charge in [-0.1, -0.05) is 39.0 Å². The molecule has 1 heterocycles. The lowest BCUT2D eigenvalue weighted by Crippen LogP contribution is -2.38. The molecule has 27 heavy (non-hydrogen) atoms. The molecule has 1 aliphatic heterocycles. The van der Waals surface area contributed by atoms with Gasteiger partial charge in [0.1, 0.15) is 0 Å². The molecule has 1 saturated heterocycles. The number of hydrogen-bond acceptors (Lipinski definition) is 3. The Morgan fingerprint density at radius 2 is 1.85 bits per heavy atom. The summed E-state index contributed by atoms with van der Waals surface area (Å²) in [5.74, 6) is -0.486. The average Bonchev–Trinajstić information content (AvgIpc) is 2.58. The summed E-state index contributed by atoms with van der Waals surface area (Å²) in [5, 5.41) is 8.87. The van der Waals surface area contributed by atoms with Crippen LogP contribution in [0.25, 0.3) is 0 Å². The lowest BCUT2D eigenvalue weighted by Gasteiger charge is -2.31. The molecule has 0 saturated carbocycles. The van der Waals surface area contributed by atoms with E-state index in [-0.39, 0.29) is 23.7 Å². The van der Waals surface area contributed by atoms with Gasteiger partial charge in [0.05, 0.1) is 5.70 Å². The summed E-state index contributed by atoms with van der Waals surface area (Å²) in [5.41, 5.74) is 2.95. The van der Waals surface area contributed by atoms with Gasteiger partial charge in [0, 0.05) is 25.9 Å². The van der Waals surface area contributed by atoms with Crippen LogP contribution in [-0.2, 0) is 9.59 Å². The van der Waals surface area contributed by atoms with Gasteiger partial charge in [0.15, 0.2) is 0 Å². The summed E-state index contributed by atoms with van der Waals surface area (Å²) in [6, 6.07) is 0. The standard InChI is InChI=1S/C22H34N2O3/c1-7-18(22(3,4)5)21(23-6)16(2)9-8-10-19(25)24-13-11-17(12-14-24)15-20(26)27/h7-9,17H,6,10-15H2,1-5H3,(H,26,27)/b9-8-,18-7+,21-16-. The molecule has 0 aromatic heterocycles. The quantitative estimate of drug-likeness (QED) is 0.522. The van der Waals surface area contributed by atoms with Crippen LogP contribution < -0.4 is 0 Å². The molecule has 1 fully saturated rings. The molecule has 0 radical (unpaired) electrons. The maximum absolute atomic E-state index is 12.4. The molecule has 1 amide bonds. The van der Waals surface area contributed by atoms with Crippen LogP contribution in [0, 0.1) is 11.3 Å². The van der Waals surface area contributed by atoms with Crippen LogP contribution in [0.3, 0.4) is 0 Å². The van der Waals surface area contributed by atoms with Crippen LogP contribution in [0.2, 0.25) is 0 Å². The summed E-state index contributed by atoms with van der Waals surface area (Å²) in [6.45, 7) is 15.4. The number of carbonyl (C=O) groups is 2. The zero-order chi connectivity index (χ0) is 20.6. The van der Waals surface area contributed by atoms with Gasteiger partial charge in [-0.3, -0.25) is 14.6 Å². The molecule has 0 aromatic rings. The first-order chi connectivity index (χ1) is 12.6. The van der Waals surface area contributed by atoms with E-state index in [0.29, 0.717) is 19.5 Å². The van der Waals surface area contributed by atoms with E-state index >= 15 is 0 Å². The second-order valence-electron chi connectivity index (χ2n) is 8.17. The summed E-state index contributed by atoms with van der Waals surface area (Å²) in [4.78, 5) is 29.2. The van der Waals surface area contributed by atoms with E-state index < -0.39 is 5.97 Å². The monoisotopic (exact) mass is 374 g/mol. The van der Waals surface area contributed by atoms with Crippen LogP contribution in [-0.4, -0.2) is 41.7 Å². The van der Waals surface area contributed by atoms with Gasteiger partial charge in [-0.25, -0.2) is 0 Å². The minimum atomic E-state index is -0.757. The smallest absolute Gasteiger partial charge is 0.303 e. The van der Waals surface area contributed by atoms with Crippen LogP contribution >= 0.6 is 0 Å². The number of allylic oxidation sites excluding steroid dienone is 4. The van der Waals surface area contributed by atoms with Crippen molar-refractivity contribution in [2.24, 2.45) is 16.3 Å². The second kappa shape index (κ2) is 10.2. The van der Waals surface area contributed by atoms with Gasteiger partial charge in [0.2, 0.25) is 5.91 Å². The van der Waals surface area contributed by atoms with Crippen molar-refractivity contribution in [3.63, 3.8) is 0 Å². The van der Waals surface area contributed by atoms with Crippen molar-refractivity contribution in [3.8, 4) is 0 Å². The Hall–Kier alpha value is -2.17. The van der Waals surface area contributed by atoms with Crippen molar-refractivity contribution in [2.75, 3.05) is 13.1 Å². The van der Waals surface area contributed by atoms with Crippen molar-refractivity contribution in [1.29, 1.82) is 0 Å². The number of piperidine rings is 1. The van der Waals surface area contributed by atoms with Gasteiger partial charge in [-0.15, -0.1) is 0 Å². The lowest BCUT2D eigenvalue weighted by atomic mass is 9.83. The van der Waals surface area contributed by atoms with Gasteiger partial charge in [-0.05, 0) is 55.9 Å². The Morgan fingerprint density at radius 3 is 2.30 bits per heavy atom. The van der Waals surface area contributed by atoms with Crippen molar-refractivity contribution < 1.29 is 14.7 Å². The second-order valence-corrected chi connectivity index (χ2v) is 8.17. The molecule has 0 spiro atoms. The Labute approximate surface area is 163 Å². The number of carbonyl (C=O) groups excluding carboxylic acids is 1. The largest absolute Gasteiger partial charge is 0.481 e. The summed E-state index contributed by atoms with van der Waals surface area (Å²) < 4.78 is 0. The summed E-state index contributed by atoms with van der Waals surface area (Å²) in [7, 11) is 0. The number of carboxylic acids is 1. The number of likely N-dealkylation sites (tertiary alicyclic amines) is 1. The van der Waals surface area contributed by atoms with E-state index in [4.69, 9.17) is 5.11 Å². The molecular formula is C22H34N2O3. The molecular weight excluding hydrogens is 340 g/mol. The summed E-state index contributed by atoms with van der Waals surface area (Å²) in [6.07, 6.45) is 7.95. The number of amides is 1. The van der Waals surface area contributed by atoms with E-state index in [1.807, 2.05) is 30.9 Å². The Morgan fingerprint density at radius 1 is 1.26 bits per heavy atom. The first-order valence-corrected chi connectivity index (χ1v) is 9.61. The first-order valence-electron chi connectivity index (χ1n) is 9.61. The molecule has 0 bridgehead atoms. The predicted molar refractivity (Wildman–Crippen MR) is 111 cm³/mol. The molecule has 0 aliphatic carbocycles. The number of hydrogen-bond donors (Lipinski definition) is 1. The maximum atomic E-state index is 12.4. The van der Waals surface area contributed by atoms with E-state index in [2.05, 4.69) is 38.6 Å². The highest BCUT2D eigenvalue weighted by Crippen LogP contribution is 2.33. The fourth-order valence-corrected chi connectivity index (χ4v) is 3.53. The molecule has 0 aromatic carbocycles. The van der Waals surface area contributed by atoms with Gasteiger partial charge < -0.3 is 10.0 Å². The SMILES string of the molecule is C=NC(/C(=C\C)C(C)(C)C)=C(C)\C=C/CC(=O)N1CCC(CC(=O)O)CC1. The van der Waals surface area contributed by atoms with Crippen molar-refractivity contribution in [3.05, 3.63) is 35.1 Å². The van der Waals surface area contributed by atoms with Crippen LogP contribution in [0.5, 0.6) is 0 Å². The molecule has 150 valence electrons. The normalized spacial score (nSPS) is 17.8. The van der Waals surface area contributed by atoms with Crippen molar-refractivity contribution >= 4 is 18.6 Å². The van der Waals surface area contributed by atoms with E-state index in [1.165, 1.54) is 0 Å². The zero-order valence-corrected chi connectivity index (χ0v) is 17.4. The maximum Gasteiger partial charge on any atom is 0.303 e. The topological polar surface area (TPSA) is 70.0 Å². The number of aliphatic imine (C=N–C) groups is 1. The average molecular weight is 375 g/mol. The number of rotatable bonds is 7. The fourth-order valence-electron chi connectivity index (χ4n) is 3.53. The number of carboxylic acid groups (broad SMARTS) is 1. The molecule has 1 N–H and O–H groups in total. The third-order valence-corrected chi connectivity index (χ3v) is 4.97. The molecule has 0 atom stereocenters. The van der Waals surface area contributed by atoms with E-state index in [1.54, 1.807) is 0 Å². The van der Waals surface area contributed by atoms with E-state index in [9.17, 15) is 9.59 Å². The highest BCUT2D eigenvalue weighted by Gasteiger charge is 2.24. The first kappa shape index (κ1) is 22.9. The zero-order valence-electron chi connectivity index (χ0n) is 17.4. The molecule has 1 rings (SSSR count). The minimum absolute atomic E-state index is 0.0313. The predicted octanol–water partition coefficient (Wildman–Crippen LogP) is 4.61. The Bertz CT molecular complexity index is 643. The third-order valence-electron chi connectivity index (χ3n) is 4.97. The van der Waals surface area contributed by atoms with Gasteiger partial charge in [0.25, 0.3) is 0 Å². The van der Waals surface area contributed by atoms with Crippen LogP contribution in [0.15, 0.2) is 40.1 Å². The minimum Gasteiger partial charge on any atom is -0.481 e. The van der Waals surface area contributed by atoms with E-state index in [0.717, 1.165) is 29.7 Å². The molecule has 0 unspecified atom stereocenters. The number of aliphatic carboxylic acids is 1. The van der Waals surface area contributed by atoms with Crippen molar-refractivity contribution in [1.82, 2.24) is 4.90 Å². The van der Waals surface area contributed by atoms with Crippen molar-refractivity contribution in [2.45, 2.75) is 60.3 Å². The Kier molecular flexibility index (Phi) is 8.67. The van der Waals surface area contributed by atoms with Crippen LogP contribution in [0.4, 0.5) is 0 Å². The number of nitrogens with zero attached hydrogens (tertiary/aromatic N) is 2. The third kappa shape index (κ3) is 7.16. The molecule has 1 aliphatic rings. The Balaban J connectivity index is 2.68. The van der Waals surface area contributed by atoms with Gasteiger partial charge in [-0.2, -0.15) is 0 Å². The molecule has 5 heteroatoms. The summed E-state index contributed by atoms with van der Waals surface area (Å²) >= 11 is 0. The molecule has 5 nitrogen and oxygen atoms in total. The highest BCUT2D eigenvalue weighted by atomic mass is 16.4. The van der Waals surface area contributed by atoms with Gasteiger partial charge >= 0.3 is 5.97 Å². The lowest BCUT2D eigenvalue weighted by molar-refractivity contribution is -0.138.